The zero-order valence-electron chi connectivity index (χ0n) is 10.9. The third-order valence-corrected chi connectivity index (χ3v) is 2.40. The number of ether oxygens (including phenoxy) is 1. The van der Waals surface area contributed by atoms with E-state index in [1.807, 2.05) is 0 Å². The van der Waals surface area contributed by atoms with Gasteiger partial charge in [-0.2, -0.15) is 0 Å². The summed E-state index contributed by atoms with van der Waals surface area (Å²) in [7, 11) is 1.36. The first kappa shape index (κ1) is 15.2. The summed E-state index contributed by atoms with van der Waals surface area (Å²) < 4.78 is 4.99. The standard InChI is InChI=1S/C11H14N4O5/c1-6(13-11(12)17)10(16)14-8-5-7(15(18)19)3-4-9(8)20-2/h3-6H,1-2H3,(H,14,16)(H3,12,13,17)/t6-/m0/s1. The van der Waals surface area contributed by atoms with E-state index in [0.29, 0.717) is 0 Å². The first-order chi connectivity index (χ1) is 9.35. The fourth-order valence-electron chi connectivity index (χ4n) is 1.43. The molecule has 0 radical (unpaired) electrons. The molecule has 108 valence electrons. The topological polar surface area (TPSA) is 137 Å². The highest BCUT2D eigenvalue weighted by molar-refractivity contribution is 5.97. The van der Waals surface area contributed by atoms with Crippen molar-refractivity contribution in [1.29, 1.82) is 0 Å². The highest BCUT2D eigenvalue weighted by Crippen LogP contribution is 2.28. The smallest absolute Gasteiger partial charge is 0.312 e. The summed E-state index contributed by atoms with van der Waals surface area (Å²) in [5.74, 6) is -0.321. The Morgan fingerprint density at radius 2 is 2.10 bits per heavy atom. The van der Waals surface area contributed by atoms with Crippen LogP contribution in [0.3, 0.4) is 0 Å². The first-order valence-corrected chi connectivity index (χ1v) is 5.54. The minimum absolute atomic E-state index is 0.129. The zero-order chi connectivity index (χ0) is 15.3. The quantitative estimate of drug-likeness (QED) is 0.536. The van der Waals surface area contributed by atoms with Gasteiger partial charge < -0.3 is 21.1 Å². The molecule has 0 heterocycles. The van der Waals surface area contributed by atoms with Crippen LogP contribution in [0.5, 0.6) is 5.75 Å². The maximum atomic E-state index is 11.8. The molecule has 0 spiro atoms. The normalized spacial score (nSPS) is 11.3. The average Bonchev–Trinajstić information content (AvgIpc) is 2.37. The summed E-state index contributed by atoms with van der Waals surface area (Å²) in [6.07, 6.45) is 0. The number of nitro benzene ring substituents is 1. The molecule has 1 rings (SSSR count). The molecule has 0 aliphatic heterocycles. The van der Waals surface area contributed by atoms with Gasteiger partial charge in [-0.3, -0.25) is 14.9 Å². The lowest BCUT2D eigenvalue weighted by atomic mass is 10.2. The van der Waals surface area contributed by atoms with E-state index in [9.17, 15) is 19.7 Å². The lowest BCUT2D eigenvalue weighted by Crippen LogP contribution is -2.44. The van der Waals surface area contributed by atoms with Crippen molar-refractivity contribution in [3.05, 3.63) is 28.3 Å². The highest BCUT2D eigenvalue weighted by Gasteiger charge is 2.18. The van der Waals surface area contributed by atoms with Crippen LogP contribution in [0.15, 0.2) is 18.2 Å². The second-order valence-electron chi connectivity index (χ2n) is 3.86. The molecular weight excluding hydrogens is 268 g/mol. The van der Waals surface area contributed by atoms with Gasteiger partial charge in [0.05, 0.1) is 17.7 Å². The number of nitro groups is 1. The molecule has 4 N–H and O–H groups in total. The lowest BCUT2D eigenvalue weighted by Gasteiger charge is -2.14. The molecule has 0 aliphatic rings. The van der Waals surface area contributed by atoms with Crippen molar-refractivity contribution >= 4 is 23.3 Å². The fraction of sp³-hybridized carbons (Fsp3) is 0.273. The fourth-order valence-corrected chi connectivity index (χ4v) is 1.43. The molecule has 9 heteroatoms. The van der Waals surface area contributed by atoms with E-state index in [4.69, 9.17) is 10.5 Å². The van der Waals surface area contributed by atoms with Crippen LogP contribution in [-0.2, 0) is 4.79 Å². The molecule has 0 aromatic heterocycles. The Morgan fingerprint density at radius 3 is 2.60 bits per heavy atom. The Kier molecular flexibility index (Phi) is 4.84. The Labute approximate surface area is 114 Å². The summed E-state index contributed by atoms with van der Waals surface area (Å²) in [5, 5.41) is 15.3. The number of hydrogen-bond acceptors (Lipinski definition) is 5. The van der Waals surface area contributed by atoms with Crippen LogP contribution < -0.4 is 21.1 Å². The van der Waals surface area contributed by atoms with Crippen LogP contribution in [0.25, 0.3) is 0 Å². The van der Waals surface area contributed by atoms with Crippen LogP contribution >= 0.6 is 0 Å². The van der Waals surface area contributed by atoms with Gasteiger partial charge in [-0.15, -0.1) is 0 Å². The number of hydrogen-bond donors (Lipinski definition) is 3. The van der Waals surface area contributed by atoms with Crippen molar-refractivity contribution in [1.82, 2.24) is 5.32 Å². The van der Waals surface area contributed by atoms with Crippen molar-refractivity contribution in [3.63, 3.8) is 0 Å². The maximum absolute atomic E-state index is 11.8. The summed E-state index contributed by atoms with van der Waals surface area (Å²) in [6, 6.07) is 2.03. The van der Waals surface area contributed by atoms with Crippen molar-refractivity contribution in [2.75, 3.05) is 12.4 Å². The number of primary amides is 1. The van der Waals surface area contributed by atoms with Crippen LogP contribution in [0.2, 0.25) is 0 Å². The SMILES string of the molecule is COc1ccc([N+](=O)[O-])cc1NC(=O)[C@H](C)NC(N)=O. The van der Waals surface area contributed by atoms with Gasteiger partial charge in [0, 0.05) is 12.1 Å². The molecular formula is C11H14N4O5. The molecule has 20 heavy (non-hydrogen) atoms. The second kappa shape index (κ2) is 6.36. The summed E-state index contributed by atoms with van der Waals surface area (Å²) in [5.41, 5.74) is 4.83. The second-order valence-corrected chi connectivity index (χ2v) is 3.86. The van der Waals surface area contributed by atoms with Gasteiger partial charge in [0.1, 0.15) is 11.8 Å². The number of nitrogens with one attached hydrogen (secondary N) is 2. The highest BCUT2D eigenvalue weighted by atomic mass is 16.6. The van der Waals surface area contributed by atoms with Crippen LogP contribution in [-0.4, -0.2) is 30.0 Å². The lowest BCUT2D eigenvalue weighted by molar-refractivity contribution is -0.384. The maximum Gasteiger partial charge on any atom is 0.312 e. The predicted octanol–water partition coefficient (Wildman–Crippen LogP) is 0.599. The number of carbonyl (C=O) groups excluding carboxylic acids is 2. The number of anilines is 1. The molecule has 9 nitrogen and oxygen atoms in total. The third-order valence-electron chi connectivity index (χ3n) is 2.40. The molecule has 3 amide bonds. The van der Waals surface area contributed by atoms with Gasteiger partial charge in [-0.25, -0.2) is 4.79 Å². The number of nitrogens with two attached hydrogens (primary N) is 1. The Hall–Kier alpha value is -2.84. The minimum atomic E-state index is -0.892. The van der Waals surface area contributed by atoms with E-state index < -0.39 is 22.9 Å². The van der Waals surface area contributed by atoms with E-state index >= 15 is 0 Å². The number of carbonyl (C=O) groups is 2. The van der Waals surface area contributed by atoms with E-state index in [0.717, 1.165) is 6.07 Å². The molecule has 0 aliphatic carbocycles. The van der Waals surface area contributed by atoms with Crippen LogP contribution in [0.4, 0.5) is 16.2 Å². The van der Waals surface area contributed by atoms with Crippen LogP contribution in [0.1, 0.15) is 6.92 Å². The monoisotopic (exact) mass is 282 g/mol. The Bertz CT molecular complexity index is 546. The molecule has 0 unspecified atom stereocenters. The Balaban J connectivity index is 2.94. The number of methoxy groups -OCH3 is 1. The van der Waals surface area contributed by atoms with E-state index in [1.165, 1.54) is 26.2 Å². The molecule has 1 aromatic rings. The van der Waals surface area contributed by atoms with Gasteiger partial charge in [0.25, 0.3) is 5.69 Å². The minimum Gasteiger partial charge on any atom is -0.495 e. The van der Waals surface area contributed by atoms with Crippen molar-refractivity contribution in [2.45, 2.75) is 13.0 Å². The number of urea groups is 1. The van der Waals surface area contributed by atoms with Gasteiger partial charge in [-0.1, -0.05) is 0 Å². The van der Waals surface area contributed by atoms with E-state index in [1.54, 1.807) is 0 Å². The van der Waals surface area contributed by atoms with Gasteiger partial charge in [0.15, 0.2) is 0 Å². The number of rotatable bonds is 5. The molecule has 0 fully saturated rings. The molecule has 1 aromatic carbocycles. The summed E-state index contributed by atoms with van der Waals surface area (Å²) in [6.45, 7) is 1.42. The van der Waals surface area contributed by atoms with Crippen molar-refractivity contribution in [3.8, 4) is 5.75 Å². The number of non-ortho nitro benzene ring substituents is 1. The largest absolute Gasteiger partial charge is 0.495 e. The van der Waals surface area contributed by atoms with Crippen molar-refractivity contribution < 1.29 is 19.2 Å². The number of amides is 3. The average molecular weight is 282 g/mol. The van der Waals surface area contributed by atoms with Crippen LogP contribution in [0, 0.1) is 10.1 Å². The number of nitrogens with zero attached hydrogens (tertiary/aromatic N) is 1. The van der Waals surface area contributed by atoms with Gasteiger partial charge in [-0.05, 0) is 13.0 Å². The predicted molar refractivity (Wildman–Crippen MR) is 70.5 cm³/mol. The molecule has 0 saturated heterocycles. The van der Waals surface area contributed by atoms with E-state index in [-0.39, 0.29) is 17.1 Å². The third kappa shape index (κ3) is 3.83. The van der Waals surface area contributed by atoms with Gasteiger partial charge >= 0.3 is 6.03 Å². The van der Waals surface area contributed by atoms with E-state index in [2.05, 4.69) is 10.6 Å². The first-order valence-electron chi connectivity index (χ1n) is 5.54. The zero-order valence-corrected chi connectivity index (χ0v) is 10.9. The van der Waals surface area contributed by atoms with Crippen molar-refractivity contribution in [2.24, 2.45) is 5.73 Å². The molecule has 1 atom stereocenters. The Morgan fingerprint density at radius 1 is 1.45 bits per heavy atom. The molecule has 0 saturated carbocycles. The van der Waals surface area contributed by atoms with Gasteiger partial charge in [0.2, 0.25) is 5.91 Å². The summed E-state index contributed by atoms with van der Waals surface area (Å²) in [4.78, 5) is 32.5. The molecule has 0 bridgehead atoms. The number of benzene rings is 1. The summed E-state index contributed by atoms with van der Waals surface area (Å²) >= 11 is 0.